The van der Waals surface area contributed by atoms with Crippen LogP contribution in [-0.2, 0) is 4.74 Å². The minimum atomic E-state index is -0.634. The molecule has 0 atom stereocenters. The maximum atomic E-state index is 11.4. The quantitative estimate of drug-likeness (QED) is 0.337. The summed E-state index contributed by atoms with van der Waals surface area (Å²) in [4.78, 5) is 27.6. The van der Waals surface area contributed by atoms with Gasteiger partial charge in [-0.25, -0.2) is 9.78 Å². The van der Waals surface area contributed by atoms with E-state index in [0.29, 0.717) is 13.1 Å². The topological polar surface area (TPSA) is 85.6 Å². The molecule has 0 saturated carbocycles. The first-order valence-corrected chi connectivity index (χ1v) is 5.64. The number of pyridine rings is 1. The SMILES string of the molecule is C=CCN(CC)c1nc(C(=O)OC)ccc1[N+](=O)[O-]. The second-order valence-corrected chi connectivity index (χ2v) is 3.62. The van der Waals surface area contributed by atoms with Gasteiger partial charge in [0.25, 0.3) is 0 Å². The van der Waals surface area contributed by atoms with E-state index in [2.05, 4.69) is 16.3 Å². The number of esters is 1. The number of aromatic nitrogens is 1. The molecular weight excluding hydrogens is 250 g/mol. The van der Waals surface area contributed by atoms with Gasteiger partial charge in [0.1, 0.15) is 0 Å². The third-order valence-electron chi connectivity index (χ3n) is 2.48. The Kier molecular flexibility index (Phi) is 4.99. The molecule has 1 aromatic rings. The number of nitrogens with zero attached hydrogens (tertiary/aromatic N) is 3. The summed E-state index contributed by atoms with van der Waals surface area (Å²) in [6, 6.07) is 2.52. The van der Waals surface area contributed by atoms with Crippen molar-refractivity contribution >= 4 is 17.5 Å². The van der Waals surface area contributed by atoms with E-state index >= 15 is 0 Å². The molecule has 7 nitrogen and oxygen atoms in total. The fraction of sp³-hybridized carbons (Fsp3) is 0.333. The van der Waals surface area contributed by atoms with Gasteiger partial charge in [-0.1, -0.05) is 6.08 Å². The molecule has 0 aliphatic heterocycles. The van der Waals surface area contributed by atoms with Crippen molar-refractivity contribution in [1.82, 2.24) is 4.98 Å². The molecule has 19 heavy (non-hydrogen) atoms. The third kappa shape index (κ3) is 3.27. The molecule has 0 bridgehead atoms. The van der Waals surface area contributed by atoms with Gasteiger partial charge in [0, 0.05) is 19.2 Å². The Balaban J connectivity index is 3.32. The Labute approximate surface area is 110 Å². The predicted molar refractivity (Wildman–Crippen MR) is 70.3 cm³/mol. The predicted octanol–water partition coefficient (Wildman–Crippen LogP) is 1.79. The molecule has 102 valence electrons. The largest absolute Gasteiger partial charge is 0.464 e. The summed E-state index contributed by atoms with van der Waals surface area (Å²) in [6.07, 6.45) is 1.61. The Morgan fingerprint density at radius 3 is 2.79 bits per heavy atom. The van der Waals surface area contributed by atoms with E-state index in [0.717, 1.165) is 0 Å². The minimum Gasteiger partial charge on any atom is -0.464 e. The molecule has 0 amide bonds. The van der Waals surface area contributed by atoms with Gasteiger partial charge in [0.05, 0.1) is 12.0 Å². The molecule has 0 unspecified atom stereocenters. The number of anilines is 1. The van der Waals surface area contributed by atoms with Gasteiger partial charge in [-0.05, 0) is 13.0 Å². The van der Waals surface area contributed by atoms with Crippen molar-refractivity contribution < 1.29 is 14.5 Å². The van der Waals surface area contributed by atoms with Crippen LogP contribution in [0.15, 0.2) is 24.8 Å². The first-order valence-electron chi connectivity index (χ1n) is 5.64. The van der Waals surface area contributed by atoms with Gasteiger partial charge in [-0.2, -0.15) is 0 Å². The lowest BCUT2D eigenvalue weighted by Crippen LogP contribution is -2.25. The Morgan fingerprint density at radius 2 is 2.32 bits per heavy atom. The van der Waals surface area contributed by atoms with Crippen LogP contribution in [0.5, 0.6) is 0 Å². The van der Waals surface area contributed by atoms with Crippen LogP contribution in [0, 0.1) is 10.1 Å². The molecule has 0 N–H and O–H groups in total. The maximum Gasteiger partial charge on any atom is 0.356 e. The van der Waals surface area contributed by atoms with Crippen LogP contribution in [0.2, 0.25) is 0 Å². The van der Waals surface area contributed by atoms with Gasteiger partial charge in [0.2, 0.25) is 5.82 Å². The van der Waals surface area contributed by atoms with E-state index in [1.54, 1.807) is 11.0 Å². The number of nitro groups is 1. The van der Waals surface area contributed by atoms with Crippen molar-refractivity contribution in [1.29, 1.82) is 0 Å². The monoisotopic (exact) mass is 265 g/mol. The minimum absolute atomic E-state index is 0.0330. The summed E-state index contributed by atoms with van der Waals surface area (Å²) in [7, 11) is 1.23. The second kappa shape index (κ2) is 6.48. The molecular formula is C12H15N3O4. The Bertz CT molecular complexity index is 502. The van der Waals surface area contributed by atoms with Gasteiger partial charge in [-0.15, -0.1) is 6.58 Å². The highest BCUT2D eigenvalue weighted by Gasteiger charge is 2.22. The van der Waals surface area contributed by atoms with Crippen molar-refractivity contribution in [3.8, 4) is 0 Å². The molecule has 1 aromatic heterocycles. The molecule has 1 heterocycles. The summed E-state index contributed by atoms with van der Waals surface area (Å²) in [5, 5.41) is 11.0. The van der Waals surface area contributed by atoms with E-state index < -0.39 is 10.9 Å². The van der Waals surface area contributed by atoms with E-state index in [4.69, 9.17) is 0 Å². The van der Waals surface area contributed by atoms with E-state index in [1.165, 1.54) is 19.2 Å². The molecule has 1 rings (SSSR count). The molecule has 0 aliphatic carbocycles. The first kappa shape index (κ1) is 14.6. The fourth-order valence-electron chi connectivity index (χ4n) is 1.56. The average molecular weight is 265 g/mol. The van der Waals surface area contributed by atoms with Crippen LogP contribution >= 0.6 is 0 Å². The van der Waals surface area contributed by atoms with Crippen molar-refractivity contribution in [3.05, 3.63) is 40.6 Å². The van der Waals surface area contributed by atoms with Gasteiger partial charge >= 0.3 is 11.7 Å². The highest BCUT2D eigenvalue weighted by molar-refractivity contribution is 5.88. The number of carbonyl (C=O) groups is 1. The number of hydrogen-bond acceptors (Lipinski definition) is 6. The lowest BCUT2D eigenvalue weighted by atomic mass is 10.3. The number of carbonyl (C=O) groups excluding carboxylic acids is 1. The number of rotatable bonds is 6. The van der Waals surface area contributed by atoms with Crippen molar-refractivity contribution in [2.24, 2.45) is 0 Å². The van der Waals surface area contributed by atoms with Gasteiger partial charge in [0.15, 0.2) is 5.69 Å². The van der Waals surface area contributed by atoms with Crippen molar-refractivity contribution in [2.75, 3.05) is 25.1 Å². The highest BCUT2D eigenvalue weighted by Crippen LogP contribution is 2.26. The van der Waals surface area contributed by atoms with Gasteiger partial charge in [-0.3, -0.25) is 10.1 Å². The van der Waals surface area contributed by atoms with Crippen LogP contribution < -0.4 is 4.90 Å². The van der Waals surface area contributed by atoms with Crippen molar-refractivity contribution in [3.63, 3.8) is 0 Å². The van der Waals surface area contributed by atoms with Gasteiger partial charge < -0.3 is 9.64 Å². The molecule has 0 spiro atoms. The number of ether oxygens (including phenoxy) is 1. The molecule has 7 heteroatoms. The van der Waals surface area contributed by atoms with Crippen LogP contribution in [0.25, 0.3) is 0 Å². The summed E-state index contributed by atoms with van der Waals surface area (Å²) in [5.74, 6) is -0.499. The number of hydrogen-bond donors (Lipinski definition) is 0. The first-order chi connectivity index (χ1) is 9.04. The summed E-state index contributed by atoms with van der Waals surface area (Å²) in [6.45, 7) is 6.33. The number of methoxy groups -OCH3 is 1. The average Bonchev–Trinajstić information content (AvgIpc) is 2.43. The lowest BCUT2D eigenvalue weighted by molar-refractivity contribution is -0.384. The lowest BCUT2D eigenvalue weighted by Gasteiger charge is -2.19. The van der Waals surface area contributed by atoms with Crippen LogP contribution in [0.3, 0.4) is 0 Å². The second-order valence-electron chi connectivity index (χ2n) is 3.62. The zero-order valence-corrected chi connectivity index (χ0v) is 10.8. The van der Waals surface area contributed by atoms with Crippen LogP contribution in [0.1, 0.15) is 17.4 Å². The Hall–Kier alpha value is -2.44. The highest BCUT2D eigenvalue weighted by atomic mass is 16.6. The van der Waals surface area contributed by atoms with Crippen molar-refractivity contribution in [2.45, 2.75) is 6.92 Å². The Morgan fingerprint density at radius 1 is 1.63 bits per heavy atom. The van der Waals surface area contributed by atoms with E-state index in [-0.39, 0.29) is 17.2 Å². The summed E-state index contributed by atoms with van der Waals surface area (Å²) >= 11 is 0. The zero-order valence-electron chi connectivity index (χ0n) is 10.8. The smallest absolute Gasteiger partial charge is 0.356 e. The standard InChI is InChI=1S/C12H15N3O4/c1-4-8-14(5-2)11-10(15(17)18)7-6-9(13-11)12(16)19-3/h4,6-7H,1,5,8H2,2-3H3. The summed E-state index contributed by atoms with van der Waals surface area (Å²) < 4.78 is 4.55. The van der Waals surface area contributed by atoms with E-state index in [9.17, 15) is 14.9 Å². The third-order valence-corrected chi connectivity index (χ3v) is 2.48. The fourth-order valence-corrected chi connectivity index (χ4v) is 1.56. The zero-order chi connectivity index (χ0) is 14.4. The molecule has 0 aliphatic rings. The molecule has 0 fully saturated rings. The molecule has 0 saturated heterocycles. The molecule has 0 aromatic carbocycles. The van der Waals surface area contributed by atoms with E-state index in [1.807, 2.05) is 6.92 Å². The summed E-state index contributed by atoms with van der Waals surface area (Å²) in [5.41, 5.74) is -0.123. The molecule has 0 radical (unpaired) electrons. The van der Waals surface area contributed by atoms with Crippen LogP contribution in [0.4, 0.5) is 11.5 Å². The van der Waals surface area contributed by atoms with Crippen LogP contribution in [-0.4, -0.2) is 36.1 Å². The normalized spacial score (nSPS) is 9.79. The number of likely N-dealkylation sites (N-methyl/N-ethyl adjacent to an activating group) is 1. The maximum absolute atomic E-state index is 11.4.